The number of nitrogens with zero attached hydrogens (tertiary/aromatic N) is 3. The molecule has 0 saturated heterocycles. The highest BCUT2D eigenvalue weighted by Crippen LogP contribution is 2.35. The largest absolute Gasteiger partial charge is 0.493 e. The Morgan fingerprint density at radius 3 is 2.66 bits per heavy atom. The Morgan fingerprint density at radius 2 is 1.91 bits per heavy atom. The number of methoxy groups -OCH3 is 2. The molecule has 0 aliphatic heterocycles. The van der Waals surface area contributed by atoms with Crippen molar-refractivity contribution >= 4 is 16.7 Å². The molecule has 0 bridgehead atoms. The van der Waals surface area contributed by atoms with E-state index in [0.29, 0.717) is 30.5 Å². The molecule has 1 unspecified atom stereocenters. The van der Waals surface area contributed by atoms with Crippen LogP contribution >= 0.6 is 0 Å². The summed E-state index contributed by atoms with van der Waals surface area (Å²) in [6.07, 6.45) is 3.70. The van der Waals surface area contributed by atoms with E-state index in [0.717, 1.165) is 33.4 Å². The number of ether oxygens (including phenoxy) is 3. The summed E-state index contributed by atoms with van der Waals surface area (Å²) < 4.78 is 16.5. The molecule has 166 valence electrons. The zero-order chi connectivity index (χ0) is 22.5. The molecule has 0 aliphatic rings. The normalized spacial score (nSPS) is 12.0. The van der Waals surface area contributed by atoms with Crippen LogP contribution in [0, 0.1) is 6.92 Å². The molecule has 0 saturated carbocycles. The zero-order valence-electron chi connectivity index (χ0n) is 18.7. The number of aromatic amines is 1. The Morgan fingerprint density at radius 1 is 1.03 bits per heavy atom. The molecular formula is C24H27N5O3. The van der Waals surface area contributed by atoms with Crippen molar-refractivity contribution in [1.82, 2.24) is 20.2 Å². The Hall–Kier alpha value is -3.65. The maximum atomic E-state index is 5.87. The fourth-order valence-corrected chi connectivity index (χ4v) is 3.55. The van der Waals surface area contributed by atoms with Gasteiger partial charge in [-0.15, -0.1) is 0 Å². The second-order valence-corrected chi connectivity index (χ2v) is 7.46. The maximum Gasteiger partial charge on any atom is 0.162 e. The van der Waals surface area contributed by atoms with Gasteiger partial charge in [0.15, 0.2) is 11.5 Å². The van der Waals surface area contributed by atoms with Gasteiger partial charge in [0.2, 0.25) is 0 Å². The van der Waals surface area contributed by atoms with Gasteiger partial charge in [0.25, 0.3) is 0 Å². The number of benzene rings is 2. The van der Waals surface area contributed by atoms with Crippen molar-refractivity contribution in [2.45, 2.75) is 19.9 Å². The van der Waals surface area contributed by atoms with Gasteiger partial charge in [-0.25, -0.2) is 9.97 Å². The molecular weight excluding hydrogens is 406 g/mol. The van der Waals surface area contributed by atoms with Crippen LogP contribution in [0.15, 0.2) is 48.8 Å². The highest BCUT2D eigenvalue weighted by molar-refractivity contribution is 5.92. The van der Waals surface area contributed by atoms with Crippen molar-refractivity contribution in [3.05, 3.63) is 60.2 Å². The van der Waals surface area contributed by atoms with E-state index >= 15 is 0 Å². The van der Waals surface area contributed by atoms with Gasteiger partial charge in [-0.3, -0.25) is 5.10 Å². The molecule has 0 amide bonds. The van der Waals surface area contributed by atoms with Crippen LogP contribution in [0.2, 0.25) is 0 Å². The van der Waals surface area contributed by atoms with E-state index in [1.165, 1.54) is 0 Å². The van der Waals surface area contributed by atoms with Crippen LogP contribution in [0.3, 0.4) is 0 Å². The molecule has 2 aromatic carbocycles. The van der Waals surface area contributed by atoms with Crippen LogP contribution < -0.4 is 14.8 Å². The average Bonchev–Trinajstić information content (AvgIpc) is 3.34. The Balaban J connectivity index is 1.67. The Labute approximate surface area is 187 Å². The molecule has 4 rings (SSSR count). The second-order valence-electron chi connectivity index (χ2n) is 7.46. The third kappa shape index (κ3) is 4.65. The standard InChI is InChI=1S/C24H27N5O3/c1-15(17-6-5-7-18(10-17)19-13-25-26-14-19)27-24-20-11-23(32-9-8-30-3)22(31-4)12-21(20)28-16(2)29-24/h5-7,10-15H,8-9H2,1-4H3,(H,25,26)(H,27,28,29). The van der Waals surface area contributed by atoms with Gasteiger partial charge >= 0.3 is 0 Å². The topological polar surface area (TPSA) is 94.2 Å². The SMILES string of the molecule is COCCOc1cc2c(NC(C)c3cccc(-c4cn[nH]c4)c3)nc(C)nc2cc1OC. The second kappa shape index (κ2) is 9.65. The van der Waals surface area contributed by atoms with Gasteiger partial charge in [-0.1, -0.05) is 18.2 Å². The number of aryl methyl sites for hydroxylation is 1. The highest BCUT2D eigenvalue weighted by Gasteiger charge is 2.15. The number of anilines is 1. The summed E-state index contributed by atoms with van der Waals surface area (Å²) in [5.74, 6) is 2.67. The lowest BCUT2D eigenvalue weighted by atomic mass is 10.0. The molecule has 0 aliphatic carbocycles. The van der Waals surface area contributed by atoms with Gasteiger partial charge in [0, 0.05) is 36.4 Å². The molecule has 2 N–H and O–H groups in total. The highest BCUT2D eigenvalue weighted by atomic mass is 16.5. The number of H-pyrrole nitrogens is 1. The monoisotopic (exact) mass is 433 g/mol. The first-order valence-corrected chi connectivity index (χ1v) is 10.4. The van der Waals surface area contributed by atoms with E-state index in [1.807, 2.05) is 37.5 Å². The molecule has 8 nitrogen and oxygen atoms in total. The lowest BCUT2D eigenvalue weighted by molar-refractivity contribution is 0.144. The minimum atomic E-state index is 0.0133. The van der Waals surface area contributed by atoms with E-state index in [9.17, 15) is 0 Å². The number of hydrogen-bond donors (Lipinski definition) is 2. The quantitative estimate of drug-likeness (QED) is 0.374. The van der Waals surface area contributed by atoms with Crippen LogP contribution in [-0.2, 0) is 4.74 Å². The molecule has 2 aromatic heterocycles. The molecule has 1 atom stereocenters. The lowest BCUT2D eigenvalue weighted by Crippen LogP contribution is -2.10. The summed E-state index contributed by atoms with van der Waals surface area (Å²) in [6, 6.07) is 12.2. The number of aromatic nitrogens is 4. The van der Waals surface area contributed by atoms with Crippen molar-refractivity contribution < 1.29 is 14.2 Å². The molecule has 0 spiro atoms. The van der Waals surface area contributed by atoms with Gasteiger partial charge in [0.05, 0.1) is 25.4 Å². The summed E-state index contributed by atoms with van der Waals surface area (Å²) in [7, 11) is 3.26. The van der Waals surface area contributed by atoms with E-state index in [1.54, 1.807) is 14.2 Å². The first-order valence-electron chi connectivity index (χ1n) is 10.4. The van der Waals surface area contributed by atoms with Crippen LogP contribution in [0.5, 0.6) is 11.5 Å². The number of rotatable bonds is 9. The van der Waals surface area contributed by atoms with E-state index in [2.05, 4.69) is 50.6 Å². The minimum absolute atomic E-state index is 0.0133. The molecule has 4 aromatic rings. The van der Waals surface area contributed by atoms with Crippen LogP contribution in [0.25, 0.3) is 22.0 Å². The number of fused-ring (bicyclic) bond motifs is 1. The maximum absolute atomic E-state index is 5.87. The van der Waals surface area contributed by atoms with Crippen LogP contribution in [0.4, 0.5) is 5.82 Å². The number of nitrogens with one attached hydrogen (secondary N) is 2. The summed E-state index contributed by atoms with van der Waals surface area (Å²) in [5.41, 5.74) is 4.08. The molecule has 0 fully saturated rings. The molecule has 8 heteroatoms. The fourth-order valence-electron chi connectivity index (χ4n) is 3.55. The van der Waals surface area contributed by atoms with E-state index < -0.39 is 0 Å². The summed E-state index contributed by atoms with van der Waals surface area (Å²) in [6.45, 7) is 4.90. The third-order valence-corrected chi connectivity index (χ3v) is 5.21. The molecule has 0 radical (unpaired) electrons. The minimum Gasteiger partial charge on any atom is -0.493 e. The van der Waals surface area contributed by atoms with Crippen molar-refractivity contribution in [3.8, 4) is 22.6 Å². The Kier molecular flexibility index (Phi) is 6.51. The Bertz CT molecular complexity index is 1190. The van der Waals surface area contributed by atoms with E-state index in [-0.39, 0.29) is 6.04 Å². The summed E-state index contributed by atoms with van der Waals surface area (Å²) >= 11 is 0. The van der Waals surface area contributed by atoms with Crippen molar-refractivity contribution in [2.24, 2.45) is 0 Å². The zero-order valence-corrected chi connectivity index (χ0v) is 18.7. The van der Waals surface area contributed by atoms with Crippen molar-refractivity contribution in [2.75, 3.05) is 32.8 Å². The average molecular weight is 434 g/mol. The predicted octanol–water partition coefficient (Wildman–Crippen LogP) is 4.54. The van der Waals surface area contributed by atoms with Gasteiger partial charge in [-0.05, 0) is 37.1 Å². The van der Waals surface area contributed by atoms with Gasteiger partial charge in [-0.2, -0.15) is 5.10 Å². The summed E-state index contributed by atoms with van der Waals surface area (Å²) in [5, 5.41) is 11.3. The first kappa shape index (κ1) is 21.6. The summed E-state index contributed by atoms with van der Waals surface area (Å²) in [4.78, 5) is 9.26. The molecule has 32 heavy (non-hydrogen) atoms. The van der Waals surface area contributed by atoms with Gasteiger partial charge < -0.3 is 19.5 Å². The van der Waals surface area contributed by atoms with Crippen LogP contribution in [0.1, 0.15) is 24.4 Å². The molecule has 2 heterocycles. The smallest absolute Gasteiger partial charge is 0.162 e. The van der Waals surface area contributed by atoms with E-state index in [4.69, 9.17) is 14.2 Å². The third-order valence-electron chi connectivity index (χ3n) is 5.21. The first-order chi connectivity index (χ1) is 15.6. The van der Waals surface area contributed by atoms with Crippen molar-refractivity contribution in [3.63, 3.8) is 0 Å². The predicted molar refractivity (Wildman–Crippen MR) is 124 cm³/mol. The van der Waals surface area contributed by atoms with Crippen LogP contribution in [-0.4, -0.2) is 47.6 Å². The fraction of sp³-hybridized carbons (Fsp3) is 0.292. The van der Waals surface area contributed by atoms with Crippen molar-refractivity contribution in [1.29, 1.82) is 0 Å². The lowest BCUT2D eigenvalue weighted by Gasteiger charge is -2.19. The number of hydrogen-bond acceptors (Lipinski definition) is 7. The van der Waals surface area contributed by atoms with Gasteiger partial charge in [0.1, 0.15) is 18.2 Å².